The minimum atomic E-state index is -2.81. The van der Waals surface area contributed by atoms with E-state index in [2.05, 4.69) is 189 Å². The summed E-state index contributed by atoms with van der Waals surface area (Å²) >= 11 is 0. The van der Waals surface area contributed by atoms with E-state index < -0.39 is 25.0 Å². The minimum absolute atomic E-state index is 0.0686. The van der Waals surface area contributed by atoms with Crippen molar-refractivity contribution in [2.45, 2.75) is 96.3 Å². The van der Waals surface area contributed by atoms with Crippen molar-refractivity contribution < 1.29 is 13.3 Å². The maximum Gasteiger partial charge on any atom is 0.261 e. The second kappa shape index (κ2) is 13.8. The van der Waals surface area contributed by atoms with E-state index in [1.54, 1.807) is 0 Å². The summed E-state index contributed by atoms with van der Waals surface area (Å²) < 4.78 is 22.3. The van der Waals surface area contributed by atoms with Gasteiger partial charge in [-0.1, -0.05) is 163 Å². The first-order valence-electron chi connectivity index (χ1n) is 17.1. The van der Waals surface area contributed by atoms with Crippen molar-refractivity contribution in [1.29, 1.82) is 0 Å². The Morgan fingerprint density at radius 2 is 0.851 bits per heavy atom. The van der Waals surface area contributed by atoms with Gasteiger partial charge in [0.1, 0.15) is 0 Å². The Hall–Kier alpha value is -3.01. The fraction of sp³-hybridized carbons (Fsp3) is 0.366. The summed E-state index contributed by atoms with van der Waals surface area (Å²) in [5.41, 5.74) is 0. The van der Waals surface area contributed by atoms with Crippen LogP contribution in [0.5, 0.6) is 0 Å². The highest BCUT2D eigenvalue weighted by molar-refractivity contribution is 7.00. The average molecular weight is 679 g/mol. The molecule has 1 aliphatic carbocycles. The quantitative estimate of drug-likeness (QED) is 0.158. The molecule has 0 radical (unpaired) electrons. The van der Waals surface area contributed by atoms with Crippen LogP contribution in [0.15, 0.2) is 133 Å². The van der Waals surface area contributed by atoms with Gasteiger partial charge < -0.3 is 13.3 Å². The molecule has 0 fully saturated rings. The first kappa shape index (κ1) is 35.3. The van der Waals surface area contributed by atoms with Gasteiger partial charge in [0.05, 0.1) is 18.0 Å². The van der Waals surface area contributed by atoms with E-state index in [1.165, 1.54) is 20.7 Å². The zero-order valence-corrected chi connectivity index (χ0v) is 32.9. The van der Waals surface area contributed by atoms with Crippen LogP contribution in [0.4, 0.5) is 0 Å². The van der Waals surface area contributed by atoms with Crippen molar-refractivity contribution in [2.75, 3.05) is 0 Å². The van der Waals surface area contributed by atoms with Crippen LogP contribution in [0.3, 0.4) is 0 Å². The monoisotopic (exact) mass is 678 g/mol. The highest BCUT2D eigenvalue weighted by atomic mass is 28.4. The van der Waals surface area contributed by atoms with E-state index in [-0.39, 0.29) is 22.3 Å². The van der Waals surface area contributed by atoms with Crippen molar-refractivity contribution in [3.8, 4) is 0 Å². The van der Waals surface area contributed by atoms with E-state index in [0.717, 1.165) is 18.6 Å². The van der Waals surface area contributed by atoms with E-state index in [4.69, 9.17) is 13.3 Å². The molecule has 2 atom stereocenters. The van der Waals surface area contributed by atoms with E-state index in [9.17, 15) is 0 Å². The molecule has 0 aliphatic heterocycles. The number of hydrogen-bond donors (Lipinski definition) is 0. The molecule has 3 nitrogen and oxygen atoms in total. The van der Waals surface area contributed by atoms with Gasteiger partial charge in [-0.05, 0) is 56.5 Å². The summed E-state index contributed by atoms with van der Waals surface area (Å²) in [6, 6.07) is 43.8. The molecule has 1 aliphatic rings. The third-order valence-corrected chi connectivity index (χ3v) is 20.3. The number of hydrogen-bond acceptors (Lipinski definition) is 3. The van der Waals surface area contributed by atoms with Gasteiger partial charge >= 0.3 is 0 Å². The largest absolute Gasteiger partial charge is 0.547 e. The van der Waals surface area contributed by atoms with Crippen LogP contribution in [-0.2, 0) is 13.3 Å². The predicted octanol–water partition coefficient (Wildman–Crippen LogP) is 8.41. The van der Waals surface area contributed by atoms with Crippen LogP contribution >= 0.6 is 0 Å². The van der Waals surface area contributed by atoms with Crippen LogP contribution in [0.2, 0.25) is 29.7 Å². The van der Waals surface area contributed by atoms with E-state index >= 15 is 0 Å². The molecular formula is C41H54O3Si3. The van der Waals surface area contributed by atoms with Crippen LogP contribution in [-0.4, -0.2) is 37.2 Å². The molecule has 4 aromatic rings. The zero-order chi connectivity index (χ0) is 33.9. The van der Waals surface area contributed by atoms with Gasteiger partial charge in [-0.15, -0.1) is 0 Å². The third-order valence-electron chi connectivity index (χ3n) is 9.24. The van der Waals surface area contributed by atoms with E-state index in [0.29, 0.717) is 0 Å². The molecule has 0 N–H and O–H groups in total. The van der Waals surface area contributed by atoms with Gasteiger partial charge in [0.15, 0.2) is 0 Å². The number of benzene rings is 4. The van der Waals surface area contributed by atoms with Crippen molar-refractivity contribution in [3.63, 3.8) is 0 Å². The fourth-order valence-electron chi connectivity index (χ4n) is 7.41. The summed E-state index contributed by atoms with van der Waals surface area (Å²) in [5, 5.41) is 4.92. The van der Waals surface area contributed by atoms with Crippen molar-refractivity contribution >= 4 is 45.7 Å². The first-order valence-corrected chi connectivity index (χ1v) is 24.4. The third kappa shape index (κ3) is 7.52. The molecule has 4 aromatic carbocycles. The van der Waals surface area contributed by atoms with Gasteiger partial charge in [-0.3, -0.25) is 0 Å². The predicted molar refractivity (Wildman–Crippen MR) is 207 cm³/mol. The molecule has 0 amide bonds. The Morgan fingerprint density at radius 3 is 1.17 bits per heavy atom. The van der Waals surface area contributed by atoms with Crippen LogP contribution < -0.4 is 20.7 Å². The average Bonchev–Trinajstić information content (AvgIpc) is 3.02. The van der Waals surface area contributed by atoms with E-state index in [1.807, 2.05) is 0 Å². The summed E-state index contributed by atoms with van der Waals surface area (Å²) in [6.45, 7) is 20.9. The van der Waals surface area contributed by atoms with Crippen molar-refractivity contribution in [2.24, 2.45) is 0 Å². The Balaban J connectivity index is 1.65. The van der Waals surface area contributed by atoms with Crippen molar-refractivity contribution in [1.82, 2.24) is 0 Å². The molecule has 0 aromatic heterocycles. The lowest BCUT2D eigenvalue weighted by Gasteiger charge is -2.48. The highest BCUT2D eigenvalue weighted by Crippen LogP contribution is 2.42. The zero-order valence-electron chi connectivity index (χ0n) is 29.9. The molecule has 47 heavy (non-hydrogen) atoms. The van der Waals surface area contributed by atoms with Crippen LogP contribution in [0.25, 0.3) is 0 Å². The number of rotatable bonds is 10. The Kier molecular flexibility index (Phi) is 10.4. The molecule has 0 saturated carbocycles. The standard InChI is InChI=1S/C41H54O3Si3/c1-40(2,3)46(36-22-14-10-15-23-36,37-24-16-11-17-25-37)43-34-30-33(42-45(7,8)9)31-35(32-34)44-47(41(4,5)6,38-26-18-12-19-27-38)39-28-20-13-21-29-39/h10-30,34-35H,31-32H2,1-9H3/t34-,35-/m0/s1. The lowest BCUT2D eigenvalue weighted by molar-refractivity contribution is 0.0965. The maximum absolute atomic E-state index is 7.77. The van der Waals surface area contributed by atoms with Gasteiger partial charge in [0.25, 0.3) is 16.6 Å². The van der Waals surface area contributed by atoms with Crippen LogP contribution in [0, 0.1) is 0 Å². The molecule has 0 saturated heterocycles. The Labute approximate surface area is 287 Å². The fourth-order valence-corrected chi connectivity index (χ4v) is 17.7. The topological polar surface area (TPSA) is 27.7 Å². The molecule has 0 spiro atoms. The summed E-state index contributed by atoms with van der Waals surface area (Å²) in [6.07, 6.45) is 3.58. The van der Waals surface area contributed by atoms with Gasteiger partial charge in [-0.25, -0.2) is 0 Å². The second-order valence-corrected chi connectivity index (χ2v) is 28.9. The summed E-state index contributed by atoms with van der Waals surface area (Å²) in [7, 11) is -7.51. The van der Waals surface area contributed by atoms with Crippen LogP contribution in [0.1, 0.15) is 54.4 Å². The van der Waals surface area contributed by atoms with Crippen molar-refractivity contribution in [3.05, 3.63) is 133 Å². The van der Waals surface area contributed by atoms with Gasteiger partial charge in [-0.2, -0.15) is 0 Å². The highest BCUT2D eigenvalue weighted by Gasteiger charge is 2.54. The normalized spacial score (nSPS) is 18.0. The molecule has 0 unspecified atom stereocenters. The minimum Gasteiger partial charge on any atom is -0.547 e. The van der Waals surface area contributed by atoms with Gasteiger partial charge in [0, 0.05) is 12.8 Å². The molecule has 6 heteroatoms. The van der Waals surface area contributed by atoms with Gasteiger partial charge in [0.2, 0.25) is 8.32 Å². The molecule has 5 rings (SSSR count). The molecular weight excluding hydrogens is 625 g/mol. The molecule has 0 bridgehead atoms. The molecule has 248 valence electrons. The SMILES string of the molecule is CC(C)(C)[Si](O[C@H]1CC(O[Si](C)(C)C)=C[C@H](O[Si](c2ccccc2)(c2ccccc2)C(C)(C)C)C1)(c1ccccc1)c1ccccc1. The smallest absolute Gasteiger partial charge is 0.261 e. The lowest BCUT2D eigenvalue weighted by Crippen LogP contribution is -2.69. The maximum atomic E-state index is 7.77. The summed E-state index contributed by atoms with van der Waals surface area (Å²) in [4.78, 5) is 0. The first-order chi connectivity index (χ1) is 22.2. The molecule has 0 heterocycles. The summed E-state index contributed by atoms with van der Waals surface area (Å²) in [5.74, 6) is 1.02. The Morgan fingerprint density at radius 1 is 0.511 bits per heavy atom. The Bertz CT molecular complexity index is 1520. The lowest BCUT2D eigenvalue weighted by atomic mass is 10.0. The second-order valence-electron chi connectivity index (χ2n) is 16.0.